The van der Waals surface area contributed by atoms with Crippen LogP contribution < -0.4 is 10.6 Å². The number of nitrogens with one attached hydrogen (secondary N) is 2. The van der Waals surface area contributed by atoms with Crippen molar-refractivity contribution >= 4 is 22.0 Å². The molecule has 0 heterocycles. The molecule has 3 N–H and O–H groups in total. The van der Waals surface area contributed by atoms with Crippen molar-refractivity contribution in [2.24, 2.45) is 5.92 Å². The van der Waals surface area contributed by atoms with E-state index in [4.69, 9.17) is 5.11 Å². The normalized spacial score (nSPS) is 13.8. The van der Waals surface area contributed by atoms with Crippen LogP contribution >= 0.6 is 15.9 Å². The maximum absolute atomic E-state index is 11.6. The molecular weight excluding hydrogens is 296 g/mol. The van der Waals surface area contributed by atoms with E-state index in [0.717, 1.165) is 10.0 Å². The molecule has 1 rings (SSSR count). The molecule has 2 unspecified atom stereocenters. The van der Waals surface area contributed by atoms with Gasteiger partial charge in [0.1, 0.15) is 0 Å². The van der Waals surface area contributed by atoms with Crippen LogP contribution in [0.1, 0.15) is 19.4 Å². The largest absolute Gasteiger partial charge is 0.396 e. The Hall–Kier alpha value is -1.07. The molecule has 0 fully saturated rings. The first-order chi connectivity index (χ1) is 8.52. The molecule has 0 radical (unpaired) electrons. The number of amides is 2. The van der Waals surface area contributed by atoms with Crippen molar-refractivity contribution in [1.82, 2.24) is 10.6 Å². The van der Waals surface area contributed by atoms with Gasteiger partial charge in [0.25, 0.3) is 0 Å². The summed E-state index contributed by atoms with van der Waals surface area (Å²) in [4.78, 5) is 11.6. The Morgan fingerprint density at radius 1 is 1.44 bits per heavy atom. The van der Waals surface area contributed by atoms with E-state index in [9.17, 15) is 4.79 Å². The van der Waals surface area contributed by atoms with Crippen molar-refractivity contribution < 1.29 is 9.90 Å². The summed E-state index contributed by atoms with van der Waals surface area (Å²) in [6.07, 6.45) is 0. The minimum Gasteiger partial charge on any atom is -0.396 e. The Labute approximate surface area is 116 Å². The molecule has 2 atom stereocenters. The number of hydrogen-bond donors (Lipinski definition) is 3. The van der Waals surface area contributed by atoms with E-state index < -0.39 is 0 Å². The average molecular weight is 315 g/mol. The van der Waals surface area contributed by atoms with Crippen LogP contribution in [0.5, 0.6) is 0 Å². The summed E-state index contributed by atoms with van der Waals surface area (Å²) in [7, 11) is 0. The Morgan fingerprint density at radius 3 is 2.78 bits per heavy atom. The van der Waals surface area contributed by atoms with Gasteiger partial charge in [-0.15, -0.1) is 0 Å². The quantitative estimate of drug-likeness (QED) is 0.780. The third-order valence-electron chi connectivity index (χ3n) is 2.84. The van der Waals surface area contributed by atoms with Gasteiger partial charge < -0.3 is 15.7 Å². The van der Waals surface area contributed by atoms with E-state index in [-0.39, 0.29) is 24.6 Å². The Bertz CT molecular complexity index is 398. The molecule has 0 aliphatic heterocycles. The predicted octanol–water partition coefficient (Wildman–Crippen LogP) is 2.27. The third kappa shape index (κ3) is 5.06. The summed E-state index contributed by atoms with van der Waals surface area (Å²) >= 11 is 3.38. The number of hydrogen-bond acceptors (Lipinski definition) is 2. The van der Waals surface area contributed by atoms with Crippen LogP contribution in [-0.4, -0.2) is 23.8 Å². The zero-order valence-corrected chi connectivity index (χ0v) is 12.2. The van der Waals surface area contributed by atoms with Gasteiger partial charge in [-0.3, -0.25) is 0 Å². The molecule has 1 aromatic carbocycles. The van der Waals surface area contributed by atoms with Crippen molar-refractivity contribution in [3.8, 4) is 0 Å². The topological polar surface area (TPSA) is 61.4 Å². The fraction of sp³-hybridized carbons (Fsp3) is 0.462. The lowest BCUT2D eigenvalue weighted by atomic mass is 10.1. The van der Waals surface area contributed by atoms with Crippen LogP contribution in [-0.2, 0) is 6.54 Å². The highest BCUT2D eigenvalue weighted by molar-refractivity contribution is 9.10. The number of rotatable bonds is 5. The van der Waals surface area contributed by atoms with Gasteiger partial charge in [-0.25, -0.2) is 4.79 Å². The monoisotopic (exact) mass is 314 g/mol. The van der Waals surface area contributed by atoms with E-state index in [1.54, 1.807) is 0 Å². The maximum atomic E-state index is 11.6. The van der Waals surface area contributed by atoms with Gasteiger partial charge in [-0.05, 0) is 30.5 Å². The molecule has 0 spiro atoms. The van der Waals surface area contributed by atoms with Crippen molar-refractivity contribution in [2.45, 2.75) is 26.4 Å². The van der Waals surface area contributed by atoms with E-state index in [1.807, 2.05) is 38.1 Å². The van der Waals surface area contributed by atoms with E-state index in [0.29, 0.717) is 6.54 Å². The lowest BCUT2D eigenvalue weighted by molar-refractivity contribution is 0.200. The van der Waals surface area contributed by atoms with E-state index in [2.05, 4.69) is 26.6 Å². The number of benzene rings is 1. The highest BCUT2D eigenvalue weighted by Gasteiger charge is 2.13. The molecule has 0 aliphatic rings. The van der Waals surface area contributed by atoms with Crippen LogP contribution in [0.3, 0.4) is 0 Å². The fourth-order valence-electron chi connectivity index (χ4n) is 1.39. The van der Waals surface area contributed by atoms with Crippen LogP contribution in [0.15, 0.2) is 28.7 Å². The van der Waals surface area contributed by atoms with Crippen LogP contribution in [0.25, 0.3) is 0 Å². The first-order valence-electron chi connectivity index (χ1n) is 5.92. The number of halogens is 1. The van der Waals surface area contributed by atoms with Gasteiger partial charge in [0.15, 0.2) is 0 Å². The molecule has 0 bridgehead atoms. The molecule has 0 saturated carbocycles. The summed E-state index contributed by atoms with van der Waals surface area (Å²) in [5.74, 6) is 0.0432. The number of carbonyl (C=O) groups excluding carboxylic acids is 1. The molecule has 18 heavy (non-hydrogen) atoms. The maximum Gasteiger partial charge on any atom is 0.315 e. The Kier molecular flexibility index (Phi) is 6.15. The second-order valence-electron chi connectivity index (χ2n) is 4.41. The van der Waals surface area contributed by atoms with Crippen LogP contribution in [0.2, 0.25) is 0 Å². The molecule has 2 amide bonds. The third-order valence-corrected chi connectivity index (χ3v) is 3.34. The van der Waals surface area contributed by atoms with Crippen LogP contribution in [0, 0.1) is 5.92 Å². The standard InChI is InChI=1S/C13H19BrN2O2/c1-9(8-17)10(2)16-13(18)15-7-11-4-3-5-12(14)6-11/h3-6,9-10,17H,7-8H2,1-2H3,(H2,15,16,18). The highest BCUT2D eigenvalue weighted by Crippen LogP contribution is 2.11. The first kappa shape index (κ1) is 15.0. The van der Waals surface area contributed by atoms with Gasteiger partial charge in [0, 0.05) is 23.7 Å². The molecule has 4 nitrogen and oxygen atoms in total. The zero-order chi connectivity index (χ0) is 13.5. The minimum absolute atomic E-state index is 0.0432. The SMILES string of the molecule is CC(CO)C(C)NC(=O)NCc1cccc(Br)c1. The molecule has 0 saturated heterocycles. The van der Waals surface area contributed by atoms with Crippen molar-refractivity contribution in [2.75, 3.05) is 6.61 Å². The summed E-state index contributed by atoms with van der Waals surface area (Å²) in [6.45, 7) is 4.30. The van der Waals surface area contributed by atoms with Gasteiger partial charge in [0.05, 0.1) is 0 Å². The molecule has 0 aliphatic carbocycles. The van der Waals surface area contributed by atoms with Crippen molar-refractivity contribution in [1.29, 1.82) is 0 Å². The number of aliphatic hydroxyl groups is 1. The average Bonchev–Trinajstić information content (AvgIpc) is 2.35. The molecule has 1 aromatic rings. The van der Waals surface area contributed by atoms with Crippen molar-refractivity contribution in [3.05, 3.63) is 34.3 Å². The number of carbonyl (C=O) groups is 1. The molecule has 0 aromatic heterocycles. The number of urea groups is 1. The lowest BCUT2D eigenvalue weighted by Gasteiger charge is -2.19. The smallest absolute Gasteiger partial charge is 0.315 e. The van der Waals surface area contributed by atoms with E-state index >= 15 is 0 Å². The van der Waals surface area contributed by atoms with Crippen molar-refractivity contribution in [3.63, 3.8) is 0 Å². The second-order valence-corrected chi connectivity index (χ2v) is 5.32. The Morgan fingerprint density at radius 2 is 2.17 bits per heavy atom. The molecule has 100 valence electrons. The van der Waals surface area contributed by atoms with Gasteiger partial charge in [-0.1, -0.05) is 35.0 Å². The van der Waals surface area contributed by atoms with Crippen LogP contribution in [0.4, 0.5) is 4.79 Å². The summed E-state index contributed by atoms with van der Waals surface area (Å²) < 4.78 is 0.990. The molecule has 5 heteroatoms. The summed E-state index contributed by atoms with van der Waals surface area (Å²) in [6, 6.07) is 7.50. The number of aliphatic hydroxyl groups excluding tert-OH is 1. The summed E-state index contributed by atoms with van der Waals surface area (Å²) in [5, 5.41) is 14.6. The zero-order valence-electron chi connectivity index (χ0n) is 10.6. The van der Waals surface area contributed by atoms with Gasteiger partial charge >= 0.3 is 6.03 Å². The molecular formula is C13H19BrN2O2. The summed E-state index contributed by atoms with van der Waals surface area (Å²) in [5.41, 5.74) is 1.03. The predicted molar refractivity (Wildman–Crippen MR) is 75.2 cm³/mol. The van der Waals surface area contributed by atoms with Gasteiger partial charge in [-0.2, -0.15) is 0 Å². The fourth-order valence-corrected chi connectivity index (χ4v) is 1.83. The highest BCUT2D eigenvalue weighted by atomic mass is 79.9. The van der Waals surface area contributed by atoms with Gasteiger partial charge in [0.2, 0.25) is 0 Å². The Balaban J connectivity index is 2.37. The second kappa shape index (κ2) is 7.38. The minimum atomic E-state index is -0.220. The lowest BCUT2D eigenvalue weighted by Crippen LogP contribution is -2.43. The van der Waals surface area contributed by atoms with E-state index in [1.165, 1.54) is 0 Å². The first-order valence-corrected chi connectivity index (χ1v) is 6.72.